The van der Waals surface area contributed by atoms with Gasteiger partial charge in [-0.05, 0) is 60.2 Å². The van der Waals surface area contributed by atoms with E-state index in [4.69, 9.17) is 40.6 Å². The van der Waals surface area contributed by atoms with Crippen LogP contribution in [0.2, 0.25) is 15.1 Å². The maximum atomic E-state index is 12.2. The van der Waals surface area contributed by atoms with Crippen molar-refractivity contribution in [1.82, 2.24) is 5.43 Å². The second-order valence-electron chi connectivity index (χ2n) is 6.79. The minimum absolute atomic E-state index is 0.0530. The van der Waals surface area contributed by atoms with E-state index in [1.165, 1.54) is 0 Å². The number of carbonyl (C=O) groups is 2. The van der Waals surface area contributed by atoms with Crippen LogP contribution in [0, 0.1) is 0 Å². The quantitative estimate of drug-likeness (QED) is 0.158. The van der Waals surface area contributed by atoms with Gasteiger partial charge in [0.1, 0.15) is 0 Å². The number of amides is 2. The van der Waals surface area contributed by atoms with Crippen molar-refractivity contribution in [3.05, 3.63) is 91.3 Å². The van der Waals surface area contributed by atoms with Crippen molar-refractivity contribution in [3.8, 4) is 0 Å². The summed E-state index contributed by atoms with van der Waals surface area (Å²) >= 11 is 21.3. The molecule has 1 heterocycles. The summed E-state index contributed by atoms with van der Waals surface area (Å²) in [4.78, 5) is 22.9. The first-order valence-corrected chi connectivity index (χ1v) is 11.3. The number of ketones is 1. The summed E-state index contributed by atoms with van der Waals surface area (Å²) in [6.45, 7) is 0. The third-order valence-electron chi connectivity index (χ3n) is 4.57. The van der Waals surface area contributed by atoms with Gasteiger partial charge in [-0.15, -0.1) is 0 Å². The summed E-state index contributed by atoms with van der Waals surface area (Å²) in [6.07, 6.45) is 0.342. The number of fused-ring (bicyclic) bond motifs is 1. The SMILES string of the molecule is NNC(=O)Nc1ccc(Br)cc1.O=C1CC(c2ccc(Cl)cc2Cl)Nc2ccc(Cl)cc21. The third-order valence-corrected chi connectivity index (χ3v) is 5.90. The molecule has 0 saturated carbocycles. The van der Waals surface area contributed by atoms with E-state index >= 15 is 0 Å². The molecule has 1 atom stereocenters. The average Bonchev–Trinajstić information content (AvgIpc) is 2.76. The molecular formula is C22H18BrCl3N4O2. The minimum atomic E-state index is -0.433. The predicted molar refractivity (Wildman–Crippen MR) is 134 cm³/mol. The van der Waals surface area contributed by atoms with Gasteiger partial charge in [0.2, 0.25) is 0 Å². The van der Waals surface area contributed by atoms with E-state index in [1.807, 2.05) is 29.7 Å². The lowest BCUT2D eigenvalue weighted by Crippen LogP contribution is -2.34. The summed E-state index contributed by atoms with van der Waals surface area (Å²) in [5.74, 6) is 4.93. The topological polar surface area (TPSA) is 96.2 Å². The molecule has 0 fully saturated rings. The maximum Gasteiger partial charge on any atom is 0.333 e. The molecule has 1 aliphatic heterocycles. The van der Waals surface area contributed by atoms with Crippen LogP contribution in [0.5, 0.6) is 0 Å². The van der Waals surface area contributed by atoms with E-state index in [0.29, 0.717) is 32.7 Å². The first kappa shape index (κ1) is 24.4. The van der Waals surface area contributed by atoms with Crippen molar-refractivity contribution >= 4 is 73.9 Å². The summed E-state index contributed by atoms with van der Waals surface area (Å²) < 4.78 is 0.959. The van der Waals surface area contributed by atoms with E-state index in [1.54, 1.807) is 36.4 Å². The molecule has 0 aromatic heterocycles. The highest BCUT2D eigenvalue weighted by atomic mass is 79.9. The van der Waals surface area contributed by atoms with Gasteiger partial charge in [0, 0.05) is 42.9 Å². The number of hydrazine groups is 1. The van der Waals surface area contributed by atoms with E-state index in [2.05, 4.69) is 26.6 Å². The van der Waals surface area contributed by atoms with Gasteiger partial charge in [-0.1, -0.05) is 56.8 Å². The van der Waals surface area contributed by atoms with Crippen molar-refractivity contribution in [3.63, 3.8) is 0 Å². The van der Waals surface area contributed by atoms with Crippen molar-refractivity contribution in [1.29, 1.82) is 0 Å². The lowest BCUT2D eigenvalue weighted by molar-refractivity contribution is 0.0972. The number of halogens is 4. The molecule has 166 valence electrons. The molecule has 6 nitrogen and oxygen atoms in total. The molecular weight excluding hydrogens is 539 g/mol. The Labute approximate surface area is 208 Å². The summed E-state index contributed by atoms with van der Waals surface area (Å²) in [5, 5.41) is 7.54. The van der Waals surface area contributed by atoms with Crippen LogP contribution in [0.1, 0.15) is 28.4 Å². The Morgan fingerprint density at radius 3 is 2.31 bits per heavy atom. The number of anilines is 2. The maximum absolute atomic E-state index is 12.2. The van der Waals surface area contributed by atoms with Crippen molar-refractivity contribution in [2.45, 2.75) is 12.5 Å². The van der Waals surface area contributed by atoms with Gasteiger partial charge in [0.05, 0.1) is 6.04 Å². The second kappa shape index (κ2) is 11.0. The lowest BCUT2D eigenvalue weighted by atomic mass is 9.92. The Bertz CT molecular complexity index is 1140. The van der Waals surface area contributed by atoms with Gasteiger partial charge in [-0.2, -0.15) is 0 Å². The third kappa shape index (κ3) is 6.37. The van der Waals surface area contributed by atoms with E-state index in [0.717, 1.165) is 15.7 Å². The van der Waals surface area contributed by atoms with Gasteiger partial charge in [0.25, 0.3) is 0 Å². The fourth-order valence-corrected chi connectivity index (χ4v) is 4.06. The second-order valence-corrected chi connectivity index (χ2v) is 8.98. The highest BCUT2D eigenvalue weighted by molar-refractivity contribution is 9.10. The Hall–Kier alpha value is -2.29. The molecule has 0 saturated heterocycles. The van der Waals surface area contributed by atoms with E-state index in [9.17, 15) is 9.59 Å². The van der Waals surface area contributed by atoms with E-state index < -0.39 is 6.03 Å². The summed E-state index contributed by atoms with van der Waals surface area (Å²) in [6, 6.07) is 17.1. The number of Topliss-reactive ketones (excluding diaryl/α,β-unsaturated/α-hetero) is 1. The zero-order chi connectivity index (χ0) is 23.3. The predicted octanol–water partition coefficient (Wildman–Crippen LogP) is 6.83. The van der Waals surface area contributed by atoms with Crippen LogP contribution in [-0.4, -0.2) is 11.8 Å². The Morgan fingerprint density at radius 1 is 1.00 bits per heavy atom. The Morgan fingerprint density at radius 2 is 1.66 bits per heavy atom. The molecule has 0 radical (unpaired) electrons. The van der Waals surface area contributed by atoms with Gasteiger partial charge in [0.15, 0.2) is 5.78 Å². The molecule has 5 N–H and O–H groups in total. The van der Waals surface area contributed by atoms with Crippen LogP contribution < -0.4 is 21.9 Å². The molecule has 0 bridgehead atoms. The molecule has 3 aromatic carbocycles. The van der Waals surface area contributed by atoms with Crippen LogP contribution in [-0.2, 0) is 0 Å². The number of benzene rings is 3. The first-order chi connectivity index (χ1) is 15.3. The molecule has 1 aliphatic rings. The van der Waals surface area contributed by atoms with Crippen molar-refractivity contribution in [2.24, 2.45) is 5.84 Å². The minimum Gasteiger partial charge on any atom is -0.377 e. The molecule has 0 spiro atoms. The number of nitrogens with one attached hydrogen (secondary N) is 3. The van der Waals surface area contributed by atoms with Gasteiger partial charge >= 0.3 is 6.03 Å². The molecule has 10 heteroatoms. The molecule has 0 aliphatic carbocycles. The normalized spacial score (nSPS) is 14.4. The molecule has 4 rings (SSSR count). The van der Waals surface area contributed by atoms with Crippen LogP contribution in [0.25, 0.3) is 0 Å². The zero-order valence-corrected chi connectivity index (χ0v) is 20.3. The van der Waals surface area contributed by atoms with Crippen LogP contribution in [0.3, 0.4) is 0 Å². The number of hydrogen-bond donors (Lipinski definition) is 4. The molecule has 2 amide bonds. The van der Waals surface area contributed by atoms with Gasteiger partial charge in [-0.3, -0.25) is 10.2 Å². The standard InChI is InChI=1S/C15H10Cl3NO.C7H8BrN3O/c16-8-2-4-13-11(5-8)15(20)7-14(19-13)10-3-1-9(17)6-12(10)18;8-5-1-3-6(4-2-5)10-7(12)11-9/h1-6,14,19H,7H2;1-4H,9H2,(H2,10,11,12). The first-order valence-electron chi connectivity index (χ1n) is 9.34. The molecule has 1 unspecified atom stereocenters. The van der Waals surface area contributed by atoms with Crippen LogP contribution in [0.15, 0.2) is 65.1 Å². The summed E-state index contributed by atoms with van der Waals surface area (Å²) in [7, 11) is 0. The Kier molecular flexibility index (Phi) is 8.39. The largest absolute Gasteiger partial charge is 0.377 e. The Balaban J connectivity index is 0.000000207. The van der Waals surface area contributed by atoms with Crippen LogP contribution >= 0.6 is 50.7 Å². The van der Waals surface area contributed by atoms with Crippen molar-refractivity contribution in [2.75, 3.05) is 10.6 Å². The number of carbonyl (C=O) groups excluding carboxylic acids is 2. The highest BCUT2D eigenvalue weighted by Crippen LogP contribution is 2.37. The fourth-order valence-electron chi connectivity index (χ4n) is 3.08. The monoisotopic (exact) mass is 554 g/mol. The number of rotatable bonds is 2. The van der Waals surface area contributed by atoms with Crippen molar-refractivity contribution < 1.29 is 9.59 Å². The smallest absolute Gasteiger partial charge is 0.333 e. The zero-order valence-electron chi connectivity index (χ0n) is 16.5. The highest BCUT2D eigenvalue weighted by Gasteiger charge is 2.27. The lowest BCUT2D eigenvalue weighted by Gasteiger charge is -2.27. The number of nitrogens with two attached hydrogens (primary N) is 1. The van der Waals surface area contributed by atoms with Gasteiger partial charge < -0.3 is 10.6 Å². The van der Waals surface area contributed by atoms with Crippen LogP contribution in [0.4, 0.5) is 16.2 Å². The average molecular weight is 557 g/mol. The fraction of sp³-hybridized carbons (Fsp3) is 0.0909. The molecule has 3 aromatic rings. The van der Waals surface area contributed by atoms with Gasteiger partial charge in [-0.25, -0.2) is 10.6 Å². The number of urea groups is 1. The number of hydrogen-bond acceptors (Lipinski definition) is 4. The molecule has 32 heavy (non-hydrogen) atoms. The van der Waals surface area contributed by atoms with E-state index in [-0.39, 0.29) is 11.8 Å². The summed E-state index contributed by atoms with van der Waals surface area (Å²) in [5.41, 5.74) is 4.93.